The van der Waals surface area contributed by atoms with Crippen LogP contribution in [0.3, 0.4) is 0 Å². The van der Waals surface area contributed by atoms with E-state index in [9.17, 15) is 4.79 Å². The molecule has 0 aliphatic heterocycles. The van der Waals surface area contributed by atoms with Crippen molar-refractivity contribution in [2.75, 3.05) is 0 Å². The van der Waals surface area contributed by atoms with Crippen LogP contribution in [-0.4, -0.2) is 23.1 Å². The number of rotatable bonds is 3. The van der Waals surface area contributed by atoms with E-state index in [1.165, 1.54) is 0 Å². The highest BCUT2D eigenvalue weighted by Crippen LogP contribution is 2.32. The summed E-state index contributed by atoms with van der Waals surface area (Å²) in [6.07, 6.45) is 1.82. The van der Waals surface area contributed by atoms with Gasteiger partial charge in [0.15, 0.2) is 5.96 Å². The van der Waals surface area contributed by atoms with E-state index in [1.54, 1.807) is 0 Å². The zero-order valence-electron chi connectivity index (χ0n) is 6.73. The Hall–Kier alpha value is -1.26. The summed E-state index contributed by atoms with van der Waals surface area (Å²) in [6.45, 7) is 0. The third-order valence-electron chi connectivity index (χ3n) is 2.01. The van der Waals surface area contributed by atoms with Crippen molar-refractivity contribution in [2.24, 2.45) is 22.4 Å². The van der Waals surface area contributed by atoms with Crippen molar-refractivity contribution in [1.29, 1.82) is 0 Å². The second kappa shape index (κ2) is 3.42. The summed E-state index contributed by atoms with van der Waals surface area (Å²) < 4.78 is 0. The minimum Gasteiger partial charge on any atom is -0.481 e. The van der Waals surface area contributed by atoms with Crippen LogP contribution in [0.4, 0.5) is 0 Å². The number of carboxylic acids is 1. The summed E-state index contributed by atoms with van der Waals surface area (Å²) in [5, 5.41) is 8.43. The Balaban J connectivity index is 2.20. The monoisotopic (exact) mass is 171 g/mol. The highest BCUT2D eigenvalue weighted by atomic mass is 16.4. The normalized spacial score (nSPS) is 27.3. The molecule has 0 spiro atoms. The number of hydrogen-bond acceptors (Lipinski definition) is 2. The molecule has 0 aromatic carbocycles. The van der Waals surface area contributed by atoms with E-state index in [-0.39, 0.29) is 24.3 Å². The van der Waals surface area contributed by atoms with Crippen molar-refractivity contribution < 1.29 is 9.90 Å². The summed E-state index contributed by atoms with van der Waals surface area (Å²) in [6, 6.07) is 0.152. The van der Waals surface area contributed by atoms with Crippen LogP contribution < -0.4 is 11.5 Å². The molecule has 0 heterocycles. The Bertz CT molecular complexity index is 205. The highest BCUT2D eigenvalue weighted by Gasteiger charge is 2.30. The number of aliphatic imine (C=N–C) groups is 1. The lowest BCUT2D eigenvalue weighted by atomic mass is 9.78. The molecule has 0 bridgehead atoms. The molecular weight excluding hydrogens is 158 g/mol. The number of nitrogens with two attached hydrogens (primary N) is 2. The molecule has 0 unspecified atom stereocenters. The molecule has 5 N–H and O–H groups in total. The Morgan fingerprint density at radius 1 is 1.50 bits per heavy atom. The Morgan fingerprint density at radius 2 is 2.08 bits per heavy atom. The van der Waals surface area contributed by atoms with E-state index in [0.29, 0.717) is 0 Å². The lowest BCUT2D eigenvalue weighted by Crippen LogP contribution is -2.33. The second-order valence-corrected chi connectivity index (χ2v) is 3.14. The maximum atomic E-state index is 10.2. The second-order valence-electron chi connectivity index (χ2n) is 3.14. The van der Waals surface area contributed by atoms with Gasteiger partial charge in [0.2, 0.25) is 0 Å². The predicted octanol–water partition coefficient (Wildman–Crippen LogP) is -0.487. The van der Waals surface area contributed by atoms with Crippen LogP contribution >= 0.6 is 0 Å². The van der Waals surface area contributed by atoms with Crippen molar-refractivity contribution >= 4 is 11.9 Å². The maximum absolute atomic E-state index is 10.2. The Kier molecular flexibility index (Phi) is 2.52. The van der Waals surface area contributed by atoms with Gasteiger partial charge in [-0.25, -0.2) is 0 Å². The first-order valence-corrected chi connectivity index (χ1v) is 3.88. The molecule has 0 saturated heterocycles. The van der Waals surface area contributed by atoms with Gasteiger partial charge in [-0.15, -0.1) is 0 Å². The minimum absolute atomic E-state index is 0.0915. The Morgan fingerprint density at radius 3 is 2.50 bits per heavy atom. The molecule has 1 aliphatic carbocycles. The summed E-state index contributed by atoms with van der Waals surface area (Å²) in [7, 11) is 0. The molecule has 0 aromatic rings. The van der Waals surface area contributed by atoms with Crippen LogP contribution in [0.2, 0.25) is 0 Å². The molecule has 1 fully saturated rings. The van der Waals surface area contributed by atoms with Gasteiger partial charge in [-0.05, 0) is 18.8 Å². The van der Waals surface area contributed by atoms with E-state index in [0.717, 1.165) is 12.8 Å². The van der Waals surface area contributed by atoms with Crippen molar-refractivity contribution in [2.45, 2.75) is 25.3 Å². The molecule has 5 heteroatoms. The molecule has 0 aromatic heterocycles. The van der Waals surface area contributed by atoms with Crippen molar-refractivity contribution in [1.82, 2.24) is 0 Å². The van der Waals surface area contributed by atoms with Gasteiger partial charge in [-0.3, -0.25) is 9.79 Å². The number of carbonyl (C=O) groups is 1. The van der Waals surface area contributed by atoms with Crippen LogP contribution in [-0.2, 0) is 4.79 Å². The molecular formula is C7H13N3O2. The third-order valence-corrected chi connectivity index (χ3v) is 2.01. The van der Waals surface area contributed by atoms with Crippen LogP contribution in [0.1, 0.15) is 19.3 Å². The fourth-order valence-electron chi connectivity index (χ4n) is 1.43. The zero-order valence-corrected chi connectivity index (χ0v) is 6.73. The van der Waals surface area contributed by atoms with Gasteiger partial charge in [0.25, 0.3) is 0 Å². The average molecular weight is 171 g/mol. The van der Waals surface area contributed by atoms with Crippen molar-refractivity contribution in [3.05, 3.63) is 0 Å². The summed E-state index contributed by atoms with van der Waals surface area (Å²) in [5.41, 5.74) is 10.3. The lowest BCUT2D eigenvalue weighted by molar-refractivity contribution is -0.138. The first kappa shape index (κ1) is 8.83. The molecule has 1 saturated carbocycles. The summed E-state index contributed by atoms with van der Waals surface area (Å²) in [4.78, 5) is 14.2. The number of nitrogens with zero attached hydrogens (tertiary/aromatic N) is 1. The largest absolute Gasteiger partial charge is 0.481 e. The van der Waals surface area contributed by atoms with Crippen LogP contribution in [0.15, 0.2) is 4.99 Å². The van der Waals surface area contributed by atoms with Gasteiger partial charge in [-0.1, -0.05) is 0 Å². The van der Waals surface area contributed by atoms with E-state index in [4.69, 9.17) is 16.6 Å². The first-order chi connectivity index (χ1) is 5.58. The molecule has 1 aliphatic rings. The summed E-state index contributed by atoms with van der Waals surface area (Å²) in [5.74, 6) is -0.396. The standard InChI is InChI=1S/C7H13N3O2/c8-7(9)10-5-1-4(2-5)3-6(11)12/h4-5H,1-3H2,(H,11,12)(H4,8,9,10). The van der Waals surface area contributed by atoms with Crippen molar-refractivity contribution in [3.8, 4) is 0 Å². The van der Waals surface area contributed by atoms with Crippen molar-refractivity contribution in [3.63, 3.8) is 0 Å². The highest BCUT2D eigenvalue weighted by molar-refractivity contribution is 5.76. The van der Waals surface area contributed by atoms with Gasteiger partial charge in [0.1, 0.15) is 0 Å². The Labute approximate surface area is 70.5 Å². The first-order valence-electron chi connectivity index (χ1n) is 3.88. The van der Waals surface area contributed by atoms with E-state index in [2.05, 4.69) is 4.99 Å². The van der Waals surface area contributed by atoms with Crippen LogP contribution in [0, 0.1) is 5.92 Å². The molecule has 0 amide bonds. The lowest BCUT2D eigenvalue weighted by Gasteiger charge is -2.31. The van der Waals surface area contributed by atoms with E-state index in [1.807, 2.05) is 0 Å². The maximum Gasteiger partial charge on any atom is 0.303 e. The molecule has 0 radical (unpaired) electrons. The fourth-order valence-corrected chi connectivity index (χ4v) is 1.43. The molecule has 0 atom stereocenters. The SMILES string of the molecule is NC(N)=NC1CC(CC(=O)O)C1. The smallest absolute Gasteiger partial charge is 0.303 e. The average Bonchev–Trinajstić information content (AvgIpc) is 1.80. The van der Waals surface area contributed by atoms with Gasteiger partial charge in [0.05, 0.1) is 6.04 Å². The van der Waals surface area contributed by atoms with Gasteiger partial charge < -0.3 is 16.6 Å². The molecule has 68 valence electrons. The molecule has 5 nitrogen and oxygen atoms in total. The number of carboxylic acid groups (broad SMARTS) is 1. The van der Waals surface area contributed by atoms with Crippen LogP contribution in [0.25, 0.3) is 0 Å². The minimum atomic E-state index is -0.747. The van der Waals surface area contributed by atoms with E-state index < -0.39 is 5.97 Å². The number of hydrogen-bond donors (Lipinski definition) is 3. The zero-order chi connectivity index (χ0) is 9.14. The predicted molar refractivity (Wildman–Crippen MR) is 44.6 cm³/mol. The topological polar surface area (TPSA) is 102 Å². The number of aliphatic carboxylic acids is 1. The van der Waals surface area contributed by atoms with Gasteiger partial charge in [0, 0.05) is 6.42 Å². The van der Waals surface area contributed by atoms with E-state index >= 15 is 0 Å². The molecule has 12 heavy (non-hydrogen) atoms. The molecule has 1 rings (SSSR count). The van der Waals surface area contributed by atoms with Gasteiger partial charge in [-0.2, -0.15) is 0 Å². The van der Waals surface area contributed by atoms with Gasteiger partial charge >= 0.3 is 5.97 Å². The third kappa shape index (κ3) is 2.41. The fraction of sp³-hybridized carbons (Fsp3) is 0.714. The quantitative estimate of drug-likeness (QED) is 0.394. The number of guanidine groups is 1. The summed E-state index contributed by atoms with van der Waals surface area (Å²) >= 11 is 0. The van der Waals surface area contributed by atoms with Crippen LogP contribution in [0.5, 0.6) is 0 Å².